The summed E-state index contributed by atoms with van der Waals surface area (Å²) in [6, 6.07) is 11.2. The van der Waals surface area contributed by atoms with Crippen molar-refractivity contribution >= 4 is 28.6 Å². The summed E-state index contributed by atoms with van der Waals surface area (Å²) in [7, 11) is 1.73. The lowest BCUT2D eigenvalue weighted by Gasteiger charge is -2.11. The largest absolute Gasteiger partial charge is 0.462 e. The maximum absolute atomic E-state index is 12.3. The van der Waals surface area contributed by atoms with E-state index < -0.39 is 0 Å². The highest BCUT2D eigenvalue weighted by atomic mass is 35.5. The minimum atomic E-state index is -0.251. The first-order chi connectivity index (χ1) is 16.1. The lowest BCUT2D eigenvalue weighted by Crippen LogP contribution is -2.17. The van der Waals surface area contributed by atoms with Gasteiger partial charge in [-0.3, -0.25) is 9.78 Å². The van der Waals surface area contributed by atoms with Gasteiger partial charge < -0.3 is 9.47 Å². The number of fused-ring (bicyclic) bond motifs is 1. The number of aryl methyl sites for hydroxylation is 1. The van der Waals surface area contributed by atoms with E-state index in [1.165, 1.54) is 4.68 Å². The summed E-state index contributed by atoms with van der Waals surface area (Å²) in [5.41, 5.74) is 2.58. The summed E-state index contributed by atoms with van der Waals surface area (Å²) < 4.78 is 14.8. The molecule has 11 heteroatoms. The van der Waals surface area contributed by atoms with E-state index in [-0.39, 0.29) is 31.1 Å². The highest BCUT2D eigenvalue weighted by molar-refractivity contribution is 6.35. The molecule has 0 N–H and O–H groups in total. The van der Waals surface area contributed by atoms with Gasteiger partial charge in [0.2, 0.25) is 0 Å². The van der Waals surface area contributed by atoms with E-state index in [9.17, 15) is 4.79 Å². The molecule has 0 bridgehead atoms. The Morgan fingerprint density at radius 2 is 1.91 bits per heavy atom. The Kier molecular flexibility index (Phi) is 5.91. The zero-order chi connectivity index (χ0) is 22.8. The predicted molar refractivity (Wildman–Crippen MR) is 119 cm³/mol. The Morgan fingerprint density at radius 1 is 1.12 bits per heavy atom. The topological polar surface area (TPSA) is 110 Å². The van der Waals surface area contributed by atoms with Crippen molar-refractivity contribution in [2.75, 3.05) is 0 Å². The molecule has 1 fully saturated rings. The van der Waals surface area contributed by atoms with E-state index in [2.05, 4.69) is 25.5 Å². The number of tetrazole rings is 1. The van der Waals surface area contributed by atoms with Gasteiger partial charge in [-0.15, -0.1) is 0 Å². The average Bonchev–Trinajstić information content (AvgIpc) is 3.53. The summed E-state index contributed by atoms with van der Waals surface area (Å²) in [5, 5.41) is 12.2. The second kappa shape index (κ2) is 9.14. The van der Waals surface area contributed by atoms with Crippen molar-refractivity contribution in [2.45, 2.75) is 44.8 Å². The number of carbonyl (C=O) groups excluding carboxylic acids is 1. The molecular formula is C22H22ClN7O3. The molecule has 10 nitrogen and oxygen atoms in total. The third-order valence-corrected chi connectivity index (χ3v) is 5.85. The van der Waals surface area contributed by atoms with Crippen molar-refractivity contribution in [1.82, 2.24) is 34.7 Å². The van der Waals surface area contributed by atoms with Crippen LogP contribution < -0.4 is 4.74 Å². The number of pyridine rings is 1. The lowest BCUT2D eigenvalue weighted by atomic mass is 10.2. The Hall–Kier alpha value is -3.53. The van der Waals surface area contributed by atoms with E-state index >= 15 is 0 Å². The van der Waals surface area contributed by atoms with Crippen molar-refractivity contribution in [3.05, 3.63) is 52.8 Å². The molecule has 3 aromatic heterocycles. The number of imidazole rings is 1. The van der Waals surface area contributed by atoms with Crippen molar-refractivity contribution in [3.63, 3.8) is 0 Å². The SMILES string of the molecule is Cn1nnnc1-n1c(OCc2cccc(CC(=O)OC3CCCC3)n2)nc2c(Cl)cccc21. The molecule has 0 aliphatic heterocycles. The van der Waals surface area contributed by atoms with Gasteiger partial charge in [-0.05, 0) is 60.4 Å². The molecule has 0 saturated heterocycles. The molecule has 4 aromatic rings. The summed E-state index contributed by atoms with van der Waals surface area (Å²) in [4.78, 5) is 21.4. The maximum atomic E-state index is 12.3. The number of para-hydroxylation sites is 1. The van der Waals surface area contributed by atoms with E-state index in [1.807, 2.05) is 24.3 Å². The second-order valence-electron chi connectivity index (χ2n) is 7.92. The molecule has 1 aromatic carbocycles. The number of esters is 1. The first kappa shape index (κ1) is 21.3. The average molecular weight is 468 g/mol. The summed E-state index contributed by atoms with van der Waals surface area (Å²) in [6.45, 7) is 0.137. The normalized spacial score (nSPS) is 14.1. The summed E-state index contributed by atoms with van der Waals surface area (Å²) >= 11 is 6.34. The van der Waals surface area contributed by atoms with Gasteiger partial charge in [-0.2, -0.15) is 4.98 Å². The van der Waals surface area contributed by atoms with Crippen LogP contribution >= 0.6 is 11.6 Å². The third-order valence-electron chi connectivity index (χ3n) is 5.54. The van der Waals surface area contributed by atoms with Crippen LogP contribution in [0.4, 0.5) is 0 Å². The van der Waals surface area contributed by atoms with Gasteiger partial charge >= 0.3 is 12.0 Å². The Bertz CT molecular complexity index is 1300. The van der Waals surface area contributed by atoms with E-state index in [0.717, 1.165) is 25.7 Å². The Morgan fingerprint density at radius 3 is 2.70 bits per heavy atom. The molecule has 0 radical (unpaired) electrons. The minimum absolute atomic E-state index is 0.0407. The van der Waals surface area contributed by atoms with E-state index in [0.29, 0.717) is 33.4 Å². The number of aromatic nitrogens is 7. The molecule has 0 amide bonds. The van der Waals surface area contributed by atoms with E-state index in [4.69, 9.17) is 21.1 Å². The lowest BCUT2D eigenvalue weighted by molar-refractivity contribution is -0.147. The highest BCUT2D eigenvalue weighted by Crippen LogP contribution is 2.30. The number of ether oxygens (including phenoxy) is 2. The summed E-state index contributed by atoms with van der Waals surface area (Å²) in [5.74, 6) is 0.185. The fraction of sp³-hybridized carbons (Fsp3) is 0.364. The number of carbonyl (C=O) groups is 1. The molecule has 5 rings (SSSR count). The van der Waals surface area contributed by atoms with Gasteiger partial charge in [-0.25, -0.2) is 9.25 Å². The van der Waals surface area contributed by atoms with Gasteiger partial charge in [0.1, 0.15) is 18.2 Å². The molecule has 1 aliphatic rings. The number of nitrogens with zero attached hydrogens (tertiary/aromatic N) is 7. The minimum Gasteiger partial charge on any atom is -0.462 e. The number of hydrogen-bond donors (Lipinski definition) is 0. The van der Waals surface area contributed by atoms with Crippen LogP contribution in [0.3, 0.4) is 0 Å². The number of benzene rings is 1. The quantitative estimate of drug-likeness (QED) is 0.381. The molecule has 0 spiro atoms. The molecular weight excluding hydrogens is 446 g/mol. The standard InChI is InChI=1S/C22H22ClN7O3/c1-29-21(26-27-28-29)30-18-11-5-10-17(23)20(18)25-22(30)32-13-15-7-4-6-14(24-15)12-19(31)33-16-8-2-3-9-16/h4-7,10-11,16H,2-3,8-9,12-13H2,1H3. The van der Waals surface area contributed by atoms with Crippen LogP contribution in [0.25, 0.3) is 17.0 Å². The zero-order valence-corrected chi connectivity index (χ0v) is 18.8. The van der Waals surface area contributed by atoms with E-state index in [1.54, 1.807) is 23.7 Å². The predicted octanol–water partition coefficient (Wildman–Crippen LogP) is 3.20. The van der Waals surface area contributed by atoms with Crippen molar-refractivity contribution < 1.29 is 14.3 Å². The van der Waals surface area contributed by atoms with Gasteiger partial charge in [0.25, 0.3) is 5.95 Å². The Balaban J connectivity index is 1.35. The molecule has 170 valence electrons. The fourth-order valence-electron chi connectivity index (χ4n) is 3.98. The van der Waals surface area contributed by atoms with Crippen LogP contribution in [0.5, 0.6) is 6.01 Å². The number of hydrogen-bond acceptors (Lipinski definition) is 8. The van der Waals surface area contributed by atoms with Crippen LogP contribution in [-0.2, 0) is 29.6 Å². The van der Waals surface area contributed by atoms with Gasteiger partial charge in [0, 0.05) is 7.05 Å². The molecule has 33 heavy (non-hydrogen) atoms. The van der Waals surface area contributed by atoms with Crippen molar-refractivity contribution in [3.8, 4) is 12.0 Å². The van der Waals surface area contributed by atoms with Gasteiger partial charge in [0.05, 0.1) is 28.3 Å². The van der Waals surface area contributed by atoms with Gasteiger partial charge in [-0.1, -0.05) is 28.8 Å². The second-order valence-corrected chi connectivity index (χ2v) is 8.33. The monoisotopic (exact) mass is 467 g/mol. The smallest absolute Gasteiger partial charge is 0.312 e. The van der Waals surface area contributed by atoms with Gasteiger partial charge in [0.15, 0.2) is 0 Å². The Labute approximate surface area is 194 Å². The zero-order valence-electron chi connectivity index (χ0n) is 18.0. The van der Waals surface area contributed by atoms with Crippen LogP contribution in [0.15, 0.2) is 36.4 Å². The molecule has 1 aliphatic carbocycles. The third kappa shape index (κ3) is 4.51. The number of rotatable bonds is 7. The van der Waals surface area contributed by atoms with Crippen LogP contribution in [0.1, 0.15) is 37.1 Å². The first-order valence-corrected chi connectivity index (χ1v) is 11.1. The van der Waals surface area contributed by atoms with Crippen LogP contribution in [0.2, 0.25) is 5.02 Å². The van der Waals surface area contributed by atoms with Crippen LogP contribution in [0, 0.1) is 0 Å². The summed E-state index contributed by atoms with van der Waals surface area (Å²) in [6.07, 6.45) is 4.28. The maximum Gasteiger partial charge on any atom is 0.312 e. The molecule has 0 unspecified atom stereocenters. The first-order valence-electron chi connectivity index (χ1n) is 10.8. The number of halogens is 1. The molecule has 0 atom stereocenters. The fourth-order valence-corrected chi connectivity index (χ4v) is 4.19. The molecule has 1 saturated carbocycles. The highest BCUT2D eigenvalue weighted by Gasteiger charge is 2.21. The van der Waals surface area contributed by atoms with Crippen molar-refractivity contribution in [2.24, 2.45) is 7.05 Å². The van der Waals surface area contributed by atoms with Crippen LogP contribution in [-0.4, -0.2) is 46.8 Å². The van der Waals surface area contributed by atoms with Crippen molar-refractivity contribution in [1.29, 1.82) is 0 Å². The molecule has 3 heterocycles.